The SMILES string of the molecule is CC(C)(C)OC(=O)CCCCCC[C@H](NC(=O)OCc1ccccc1)C(=O)N1[C@@H]2C[C@H]3CC[C@]2(CS1(=O)=O)C3(C)C. The Balaban J connectivity index is 1.40. The topological polar surface area (TPSA) is 119 Å². The van der Waals surface area contributed by atoms with Crippen LogP contribution >= 0.6 is 0 Å². The summed E-state index contributed by atoms with van der Waals surface area (Å²) in [5.74, 6) is -0.447. The molecule has 228 valence electrons. The number of carbonyl (C=O) groups excluding carboxylic acids is 3. The molecule has 0 unspecified atom stereocenters. The molecule has 4 rings (SSSR count). The van der Waals surface area contributed by atoms with Gasteiger partial charge in [0.2, 0.25) is 10.0 Å². The van der Waals surface area contributed by atoms with Crippen molar-refractivity contribution in [2.45, 2.75) is 117 Å². The van der Waals surface area contributed by atoms with E-state index in [9.17, 15) is 22.8 Å². The minimum atomic E-state index is -3.82. The summed E-state index contributed by atoms with van der Waals surface area (Å²) in [7, 11) is -3.82. The third-order valence-corrected chi connectivity index (χ3v) is 11.4. The lowest BCUT2D eigenvalue weighted by atomic mass is 9.69. The largest absolute Gasteiger partial charge is 0.460 e. The van der Waals surface area contributed by atoms with Gasteiger partial charge in [-0.1, -0.05) is 63.4 Å². The van der Waals surface area contributed by atoms with Crippen LogP contribution in [-0.4, -0.2) is 54.1 Å². The molecule has 2 aliphatic carbocycles. The fourth-order valence-electron chi connectivity index (χ4n) is 7.26. The van der Waals surface area contributed by atoms with Gasteiger partial charge in [0, 0.05) is 11.8 Å². The van der Waals surface area contributed by atoms with Crippen molar-refractivity contribution >= 4 is 28.0 Å². The first-order chi connectivity index (χ1) is 19.2. The summed E-state index contributed by atoms with van der Waals surface area (Å²) in [4.78, 5) is 38.7. The molecule has 4 atom stereocenters. The van der Waals surface area contributed by atoms with E-state index in [2.05, 4.69) is 19.2 Å². The normalized spacial score (nSPS) is 26.3. The molecule has 41 heavy (non-hydrogen) atoms. The van der Waals surface area contributed by atoms with Crippen LogP contribution in [0.15, 0.2) is 30.3 Å². The predicted molar refractivity (Wildman–Crippen MR) is 155 cm³/mol. The molecule has 1 aromatic carbocycles. The van der Waals surface area contributed by atoms with Crippen LogP contribution in [0.3, 0.4) is 0 Å². The molecular weight excluding hydrogens is 544 g/mol. The maximum atomic E-state index is 14.0. The van der Waals surface area contributed by atoms with Gasteiger partial charge in [-0.2, -0.15) is 0 Å². The number of sulfonamides is 1. The Morgan fingerprint density at radius 3 is 2.41 bits per heavy atom. The fourth-order valence-corrected chi connectivity index (χ4v) is 9.84. The van der Waals surface area contributed by atoms with Crippen molar-refractivity contribution in [2.24, 2.45) is 16.7 Å². The fraction of sp³-hybridized carbons (Fsp3) is 0.710. The molecule has 0 aromatic heterocycles. The summed E-state index contributed by atoms with van der Waals surface area (Å²) < 4.78 is 38.8. The van der Waals surface area contributed by atoms with Gasteiger partial charge in [-0.25, -0.2) is 17.5 Å². The molecule has 1 spiro atoms. The number of ether oxygens (including phenoxy) is 2. The molecule has 10 heteroatoms. The summed E-state index contributed by atoms with van der Waals surface area (Å²) >= 11 is 0. The van der Waals surface area contributed by atoms with E-state index in [0.29, 0.717) is 31.6 Å². The molecule has 3 aliphatic rings. The molecule has 9 nitrogen and oxygen atoms in total. The van der Waals surface area contributed by atoms with Crippen LogP contribution in [0, 0.1) is 16.7 Å². The number of fused-ring (bicyclic) bond motifs is 1. The Morgan fingerprint density at radius 2 is 1.76 bits per heavy atom. The van der Waals surface area contributed by atoms with Gasteiger partial charge in [0.25, 0.3) is 5.91 Å². The number of esters is 1. The third kappa shape index (κ3) is 6.73. The molecule has 1 aliphatic heterocycles. The van der Waals surface area contributed by atoms with E-state index in [4.69, 9.17) is 9.47 Å². The van der Waals surface area contributed by atoms with Gasteiger partial charge in [-0.15, -0.1) is 0 Å². The smallest absolute Gasteiger partial charge is 0.408 e. The quantitative estimate of drug-likeness (QED) is 0.273. The highest BCUT2D eigenvalue weighted by Crippen LogP contribution is 2.70. The van der Waals surface area contributed by atoms with Gasteiger partial charge in [0.05, 0.1) is 11.8 Å². The molecule has 1 aromatic rings. The summed E-state index contributed by atoms with van der Waals surface area (Å²) in [5, 5.41) is 2.69. The number of alkyl carbamates (subject to hydrolysis) is 1. The lowest BCUT2D eigenvalue weighted by molar-refractivity contribution is -0.154. The van der Waals surface area contributed by atoms with Crippen LogP contribution < -0.4 is 5.32 Å². The molecule has 1 N–H and O–H groups in total. The standard InChI is InChI=1S/C31H46N2O7S/c1-29(2,3)40-26(34)16-12-7-6-11-15-24(32-28(36)39-20-22-13-9-8-10-14-22)27(35)33-25-19-23-17-18-31(25,30(23,4)5)21-41(33,37)38/h8-10,13-14,23-25H,6-7,11-12,15-21H2,1-5H3,(H,32,36)/t23-,24+,25-,31-/m1/s1. The zero-order valence-electron chi connectivity index (χ0n) is 25.1. The number of nitrogens with one attached hydrogen (secondary N) is 1. The third-order valence-electron chi connectivity index (χ3n) is 9.48. The number of benzene rings is 1. The monoisotopic (exact) mass is 590 g/mol. The van der Waals surface area contributed by atoms with Crippen molar-refractivity contribution in [1.82, 2.24) is 9.62 Å². The van der Waals surface area contributed by atoms with Crippen molar-refractivity contribution in [3.05, 3.63) is 35.9 Å². The second-order valence-electron chi connectivity index (χ2n) is 13.6. The summed E-state index contributed by atoms with van der Waals surface area (Å²) in [6.07, 6.45) is 5.02. The van der Waals surface area contributed by atoms with E-state index < -0.39 is 39.1 Å². The highest BCUT2D eigenvalue weighted by atomic mass is 32.2. The van der Waals surface area contributed by atoms with Crippen molar-refractivity contribution in [1.29, 1.82) is 0 Å². The van der Waals surface area contributed by atoms with Crippen LogP contribution in [0.1, 0.15) is 98.0 Å². The van der Waals surface area contributed by atoms with Crippen LogP contribution in [0.4, 0.5) is 4.79 Å². The maximum Gasteiger partial charge on any atom is 0.408 e. The number of nitrogens with zero attached hydrogens (tertiary/aromatic N) is 1. The zero-order chi connectivity index (χ0) is 30.1. The van der Waals surface area contributed by atoms with Crippen molar-refractivity contribution < 1.29 is 32.3 Å². The van der Waals surface area contributed by atoms with Crippen molar-refractivity contribution in [3.63, 3.8) is 0 Å². The van der Waals surface area contributed by atoms with E-state index >= 15 is 0 Å². The van der Waals surface area contributed by atoms with E-state index in [1.807, 2.05) is 51.1 Å². The molecule has 1 saturated heterocycles. The molecule has 2 saturated carbocycles. The molecule has 1 heterocycles. The Hall–Kier alpha value is -2.62. The second-order valence-corrected chi connectivity index (χ2v) is 15.4. The predicted octanol–water partition coefficient (Wildman–Crippen LogP) is 5.33. The van der Waals surface area contributed by atoms with Crippen LogP contribution in [0.25, 0.3) is 0 Å². The Labute approximate surface area is 244 Å². The van der Waals surface area contributed by atoms with E-state index in [0.717, 1.165) is 35.6 Å². The van der Waals surface area contributed by atoms with E-state index in [1.54, 1.807) is 0 Å². The average molecular weight is 591 g/mol. The summed E-state index contributed by atoms with van der Waals surface area (Å²) in [6.45, 7) is 9.83. The number of rotatable bonds is 11. The number of carbonyl (C=O) groups is 3. The number of amides is 2. The van der Waals surface area contributed by atoms with Crippen LogP contribution in [-0.2, 0) is 35.7 Å². The Bertz CT molecular complexity index is 1220. The Morgan fingerprint density at radius 1 is 1.07 bits per heavy atom. The first kappa shape index (κ1) is 31.3. The summed E-state index contributed by atoms with van der Waals surface area (Å²) in [5.41, 5.74) is -0.310. The number of hydrogen-bond donors (Lipinski definition) is 1. The van der Waals surface area contributed by atoms with Crippen molar-refractivity contribution in [2.75, 3.05) is 5.75 Å². The Kier molecular flexibility index (Phi) is 9.12. The maximum absolute atomic E-state index is 14.0. The van der Waals surface area contributed by atoms with E-state index in [1.165, 1.54) is 0 Å². The molecule has 2 amide bonds. The number of hydrogen-bond acceptors (Lipinski definition) is 7. The molecular formula is C31H46N2O7S. The summed E-state index contributed by atoms with van der Waals surface area (Å²) in [6, 6.07) is 7.84. The molecule has 3 fully saturated rings. The van der Waals surface area contributed by atoms with Gasteiger partial charge >= 0.3 is 12.1 Å². The van der Waals surface area contributed by atoms with Gasteiger partial charge in [0.1, 0.15) is 18.2 Å². The van der Waals surface area contributed by atoms with Gasteiger partial charge in [-0.05, 0) is 69.8 Å². The first-order valence-electron chi connectivity index (χ1n) is 14.9. The highest BCUT2D eigenvalue weighted by molar-refractivity contribution is 7.90. The molecule has 0 radical (unpaired) electrons. The van der Waals surface area contributed by atoms with Crippen molar-refractivity contribution in [3.8, 4) is 0 Å². The molecule has 2 bridgehead atoms. The lowest BCUT2D eigenvalue weighted by Crippen LogP contribution is -2.53. The lowest BCUT2D eigenvalue weighted by Gasteiger charge is -2.37. The highest BCUT2D eigenvalue weighted by Gasteiger charge is 2.72. The minimum absolute atomic E-state index is 0.0181. The van der Waals surface area contributed by atoms with E-state index in [-0.39, 0.29) is 36.2 Å². The average Bonchev–Trinajstić information content (AvgIpc) is 3.36. The van der Waals surface area contributed by atoms with Crippen LogP contribution in [0.2, 0.25) is 0 Å². The second kappa shape index (κ2) is 11.9. The van der Waals surface area contributed by atoms with Gasteiger partial charge in [-0.3, -0.25) is 9.59 Å². The zero-order valence-corrected chi connectivity index (χ0v) is 25.9. The minimum Gasteiger partial charge on any atom is -0.460 e. The van der Waals surface area contributed by atoms with Crippen LogP contribution in [0.5, 0.6) is 0 Å². The first-order valence-corrected chi connectivity index (χ1v) is 16.5. The van der Waals surface area contributed by atoms with Gasteiger partial charge < -0.3 is 14.8 Å². The van der Waals surface area contributed by atoms with Gasteiger partial charge in [0.15, 0.2) is 0 Å². The number of unbranched alkanes of at least 4 members (excludes halogenated alkanes) is 3.